The summed E-state index contributed by atoms with van der Waals surface area (Å²) in [5, 5.41) is 14.2. The highest BCUT2D eigenvalue weighted by Crippen LogP contribution is 2.26. The highest BCUT2D eigenvalue weighted by atomic mass is 32.2. The first-order valence-electron chi connectivity index (χ1n) is 13.7. The van der Waals surface area contributed by atoms with Crippen molar-refractivity contribution >= 4 is 43.6 Å². The van der Waals surface area contributed by atoms with Crippen LogP contribution in [0.5, 0.6) is 0 Å². The number of carbonyl (C=O) groups is 2. The highest BCUT2D eigenvalue weighted by molar-refractivity contribution is 7.89. The van der Waals surface area contributed by atoms with Crippen LogP contribution in [0.25, 0.3) is 10.2 Å². The molecule has 1 aromatic heterocycles. The van der Waals surface area contributed by atoms with E-state index >= 15 is 0 Å². The van der Waals surface area contributed by atoms with Gasteiger partial charge in [-0.25, -0.2) is 18.2 Å². The van der Waals surface area contributed by atoms with Crippen LogP contribution in [0.3, 0.4) is 0 Å². The summed E-state index contributed by atoms with van der Waals surface area (Å²) in [6, 6.07) is 13.2. The molecule has 0 unspecified atom stereocenters. The molecule has 224 valence electrons. The van der Waals surface area contributed by atoms with Gasteiger partial charge in [-0.15, -0.1) is 11.3 Å². The van der Waals surface area contributed by atoms with Crippen molar-refractivity contribution in [3.63, 3.8) is 0 Å². The zero-order valence-electron chi connectivity index (χ0n) is 23.9. The second-order valence-electron chi connectivity index (χ2n) is 9.99. The largest absolute Gasteiger partial charge is 0.469 e. The van der Waals surface area contributed by atoms with E-state index in [-0.39, 0.29) is 36.7 Å². The lowest BCUT2D eigenvalue weighted by atomic mass is 10.0. The fraction of sp³-hybridized carbons (Fsp3) is 0.483. The Labute approximate surface area is 245 Å². The lowest BCUT2D eigenvalue weighted by molar-refractivity contribution is -0.142. The predicted octanol–water partition coefficient (Wildman–Crippen LogP) is 4.37. The smallest absolute Gasteiger partial charge is 0.407 e. The molecule has 3 rings (SSSR count). The van der Waals surface area contributed by atoms with Crippen LogP contribution in [0.4, 0.5) is 4.79 Å². The van der Waals surface area contributed by atoms with Gasteiger partial charge in [0.05, 0.1) is 46.3 Å². The average Bonchev–Trinajstić information content (AvgIpc) is 3.43. The molecule has 2 N–H and O–H groups in total. The number of aliphatic hydroxyl groups is 1. The minimum absolute atomic E-state index is 0.0776. The van der Waals surface area contributed by atoms with E-state index in [0.29, 0.717) is 5.52 Å². The maximum Gasteiger partial charge on any atom is 0.407 e. The van der Waals surface area contributed by atoms with Crippen molar-refractivity contribution < 1.29 is 32.6 Å². The van der Waals surface area contributed by atoms with Gasteiger partial charge in [-0.05, 0) is 43.0 Å². The topological polar surface area (TPSA) is 135 Å². The summed E-state index contributed by atoms with van der Waals surface area (Å²) < 4.78 is 39.8. The molecule has 0 aliphatic heterocycles. The molecule has 0 aliphatic rings. The van der Waals surface area contributed by atoms with Crippen molar-refractivity contribution in [2.24, 2.45) is 5.92 Å². The van der Waals surface area contributed by atoms with Gasteiger partial charge in [0.1, 0.15) is 6.10 Å². The molecule has 3 aromatic rings. The number of methoxy groups -OCH3 is 1. The normalized spacial score (nSPS) is 14.1. The van der Waals surface area contributed by atoms with Crippen LogP contribution in [-0.2, 0) is 30.7 Å². The number of nitrogens with one attached hydrogen (secondary N) is 1. The zero-order valence-corrected chi connectivity index (χ0v) is 25.5. The molecule has 0 bridgehead atoms. The number of thiazole rings is 1. The molecule has 41 heavy (non-hydrogen) atoms. The number of ether oxygens (including phenoxy) is 2. The first kappa shape index (κ1) is 32.5. The molecule has 0 spiro atoms. The summed E-state index contributed by atoms with van der Waals surface area (Å²) in [5.74, 6) is -0.446. The van der Waals surface area contributed by atoms with Crippen LogP contribution in [0.1, 0.15) is 45.6 Å². The number of benzene rings is 2. The Morgan fingerprint density at radius 1 is 1.10 bits per heavy atom. The van der Waals surface area contributed by atoms with Crippen LogP contribution in [0.2, 0.25) is 0 Å². The Morgan fingerprint density at radius 3 is 2.46 bits per heavy atom. The molecule has 0 saturated heterocycles. The van der Waals surface area contributed by atoms with Gasteiger partial charge in [-0.1, -0.05) is 57.0 Å². The minimum Gasteiger partial charge on any atom is -0.469 e. The lowest BCUT2D eigenvalue weighted by Gasteiger charge is -2.31. The molecular formula is C29H39N3O7S2. The number of carbonyl (C=O) groups excluding carboxylic acids is 2. The monoisotopic (exact) mass is 605 g/mol. The Kier molecular flexibility index (Phi) is 12.1. The summed E-state index contributed by atoms with van der Waals surface area (Å²) in [7, 11) is -2.75. The van der Waals surface area contributed by atoms with Crippen LogP contribution in [-0.4, -0.2) is 73.3 Å². The molecule has 0 radical (unpaired) electrons. The number of amides is 1. The van der Waals surface area contributed by atoms with Crippen molar-refractivity contribution in [1.29, 1.82) is 0 Å². The molecule has 1 amide bonds. The number of fused-ring (bicyclic) bond motifs is 1. The van der Waals surface area contributed by atoms with Gasteiger partial charge in [0.25, 0.3) is 0 Å². The van der Waals surface area contributed by atoms with Crippen LogP contribution < -0.4 is 5.32 Å². The van der Waals surface area contributed by atoms with Crippen LogP contribution in [0.15, 0.2) is 58.9 Å². The van der Waals surface area contributed by atoms with E-state index in [9.17, 15) is 23.1 Å². The Bertz CT molecular complexity index is 1380. The summed E-state index contributed by atoms with van der Waals surface area (Å²) in [6.07, 6.45) is -1.22. The third-order valence-electron chi connectivity index (χ3n) is 7.00. The van der Waals surface area contributed by atoms with Gasteiger partial charge in [-0.2, -0.15) is 4.31 Å². The van der Waals surface area contributed by atoms with E-state index in [4.69, 9.17) is 4.74 Å². The van der Waals surface area contributed by atoms with E-state index in [1.54, 1.807) is 24.6 Å². The summed E-state index contributed by atoms with van der Waals surface area (Å²) in [4.78, 5) is 28.7. The van der Waals surface area contributed by atoms with Gasteiger partial charge in [0, 0.05) is 13.1 Å². The van der Waals surface area contributed by atoms with Gasteiger partial charge in [0.2, 0.25) is 10.0 Å². The van der Waals surface area contributed by atoms with E-state index < -0.39 is 40.3 Å². The fourth-order valence-electron chi connectivity index (χ4n) is 4.47. The second kappa shape index (κ2) is 15.2. The Balaban J connectivity index is 1.87. The molecular weight excluding hydrogens is 566 g/mol. The molecule has 10 nitrogen and oxygen atoms in total. The van der Waals surface area contributed by atoms with E-state index in [2.05, 4.69) is 15.0 Å². The number of esters is 1. The van der Waals surface area contributed by atoms with E-state index in [1.807, 2.05) is 44.2 Å². The number of nitrogens with zero attached hydrogens (tertiary/aromatic N) is 2. The number of aromatic nitrogens is 1. The van der Waals surface area contributed by atoms with Crippen molar-refractivity contribution in [1.82, 2.24) is 14.6 Å². The lowest BCUT2D eigenvalue weighted by Crippen LogP contribution is -2.51. The molecule has 2 aromatic carbocycles. The number of hydrogen-bond donors (Lipinski definition) is 2. The van der Waals surface area contributed by atoms with Gasteiger partial charge >= 0.3 is 12.1 Å². The summed E-state index contributed by atoms with van der Waals surface area (Å²) in [6.45, 7) is 5.54. The van der Waals surface area contributed by atoms with E-state index in [1.165, 1.54) is 28.8 Å². The standard InChI is InChI=1S/C29H39N3O7S2/c1-5-21(6-2)17-32(41(36,37)23-12-13-24-27(16-23)40-19-30-24)18-26(33)25(15-22-10-8-7-9-11-22)31-29(35)39-20(3)14-28(34)38-4/h7-13,16,19-21,25-26,33H,5-6,14-15,17-18H2,1-4H3,(H,31,35)/t20-,25-,26+/m0/s1. The fourth-order valence-corrected chi connectivity index (χ4v) is 6.82. The molecule has 0 saturated carbocycles. The molecule has 0 fully saturated rings. The number of aliphatic hydroxyl groups excluding tert-OH is 1. The quantitative estimate of drug-likeness (QED) is 0.244. The van der Waals surface area contributed by atoms with Crippen LogP contribution in [0, 0.1) is 5.92 Å². The van der Waals surface area contributed by atoms with Crippen molar-refractivity contribution in [3.8, 4) is 0 Å². The second-order valence-corrected chi connectivity index (χ2v) is 12.8. The summed E-state index contributed by atoms with van der Waals surface area (Å²) in [5.41, 5.74) is 3.22. The van der Waals surface area contributed by atoms with Crippen LogP contribution >= 0.6 is 11.3 Å². The van der Waals surface area contributed by atoms with Crippen molar-refractivity contribution in [3.05, 3.63) is 59.6 Å². The first-order valence-corrected chi connectivity index (χ1v) is 16.0. The maximum absolute atomic E-state index is 13.9. The number of alkyl carbamates (subject to hydrolysis) is 1. The maximum atomic E-state index is 13.9. The Hall–Kier alpha value is -3.06. The first-order chi connectivity index (χ1) is 19.6. The van der Waals surface area contributed by atoms with E-state index in [0.717, 1.165) is 23.1 Å². The number of rotatable bonds is 15. The predicted molar refractivity (Wildman–Crippen MR) is 158 cm³/mol. The minimum atomic E-state index is -3.99. The van der Waals surface area contributed by atoms with Gasteiger partial charge in [0.15, 0.2) is 0 Å². The van der Waals surface area contributed by atoms with Gasteiger partial charge in [-0.3, -0.25) is 4.79 Å². The average molecular weight is 606 g/mol. The van der Waals surface area contributed by atoms with Gasteiger partial charge < -0.3 is 19.9 Å². The Morgan fingerprint density at radius 2 is 1.80 bits per heavy atom. The SMILES string of the molecule is CCC(CC)CN(C[C@@H](O)[C@H](Cc1ccccc1)NC(=O)O[C@@H](C)CC(=O)OC)S(=O)(=O)c1ccc2ncsc2c1. The molecule has 3 atom stereocenters. The molecule has 1 heterocycles. The third kappa shape index (κ3) is 9.22. The zero-order chi connectivity index (χ0) is 30.0. The number of hydrogen-bond acceptors (Lipinski definition) is 9. The van der Waals surface area contributed by atoms with Crippen molar-refractivity contribution in [2.45, 2.75) is 69.6 Å². The molecule has 12 heteroatoms. The number of sulfonamides is 1. The molecule has 0 aliphatic carbocycles. The summed E-state index contributed by atoms with van der Waals surface area (Å²) >= 11 is 1.36. The van der Waals surface area contributed by atoms with Crippen molar-refractivity contribution in [2.75, 3.05) is 20.2 Å². The highest BCUT2D eigenvalue weighted by Gasteiger charge is 2.33. The third-order valence-corrected chi connectivity index (χ3v) is 9.62.